The number of para-hydroxylation sites is 1. The molecule has 2 aromatic carbocycles. The van der Waals surface area contributed by atoms with E-state index in [0.717, 1.165) is 23.4 Å². The molecule has 7 heteroatoms. The van der Waals surface area contributed by atoms with Crippen LogP contribution >= 0.6 is 0 Å². The first-order chi connectivity index (χ1) is 15.3. The number of nitrogens with one attached hydrogen (secondary N) is 2. The Labute approximate surface area is 180 Å². The third kappa shape index (κ3) is 5.70. The SMILES string of the molecule is O=C(NCc1cccnc1)Nc1ccc(OCCc2ccccc2-n2ccnc2)cc1. The number of urea groups is 1. The second-order valence-corrected chi connectivity index (χ2v) is 6.89. The Hall–Kier alpha value is -4.13. The molecule has 7 nitrogen and oxygen atoms in total. The average Bonchev–Trinajstić information content (AvgIpc) is 3.35. The second kappa shape index (κ2) is 10.1. The van der Waals surface area contributed by atoms with E-state index in [1.54, 1.807) is 24.9 Å². The minimum Gasteiger partial charge on any atom is -0.493 e. The average molecular weight is 413 g/mol. The topological polar surface area (TPSA) is 81.1 Å². The third-order valence-electron chi connectivity index (χ3n) is 4.70. The summed E-state index contributed by atoms with van der Waals surface area (Å²) in [6, 6.07) is 19.0. The van der Waals surface area contributed by atoms with Gasteiger partial charge in [0.05, 0.1) is 12.9 Å². The first kappa shape index (κ1) is 20.2. The highest BCUT2D eigenvalue weighted by atomic mass is 16.5. The first-order valence-electron chi connectivity index (χ1n) is 10.0. The quantitative estimate of drug-likeness (QED) is 0.453. The summed E-state index contributed by atoms with van der Waals surface area (Å²) >= 11 is 0. The van der Waals surface area contributed by atoms with Crippen molar-refractivity contribution in [2.24, 2.45) is 0 Å². The fourth-order valence-corrected chi connectivity index (χ4v) is 3.15. The highest BCUT2D eigenvalue weighted by Crippen LogP contribution is 2.18. The zero-order valence-corrected chi connectivity index (χ0v) is 16.9. The highest BCUT2D eigenvalue weighted by Gasteiger charge is 2.05. The van der Waals surface area contributed by atoms with Crippen LogP contribution in [0.3, 0.4) is 0 Å². The van der Waals surface area contributed by atoms with Crippen LogP contribution in [0.2, 0.25) is 0 Å². The van der Waals surface area contributed by atoms with Crippen molar-refractivity contribution in [1.29, 1.82) is 0 Å². The molecule has 0 fully saturated rings. The van der Waals surface area contributed by atoms with Crippen LogP contribution in [0.1, 0.15) is 11.1 Å². The van der Waals surface area contributed by atoms with Crippen molar-refractivity contribution in [1.82, 2.24) is 19.9 Å². The largest absolute Gasteiger partial charge is 0.493 e. The lowest BCUT2D eigenvalue weighted by Crippen LogP contribution is -2.28. The van der Waals surface area contributed by atoms with Crippen LogP contribution in [-0.4, -0.2) is 27.2 Å². The number of imidazole rings is 1. The fraction of sp³-hybridized carbons (Fsp3) is 0.125. The standard InChI is InChI=1S/C24H23N5O2/c30-24(27-17-19-4-3-12-25-16-19)28-21-7-9-22(10-8-21)31-15-11-20-5-1-2-6-23(20)29-14-13-26-18-29/h1-10,12-14,16,18H,11,15,17H2,(H2,27,28,30). The number of amides is 2. The molecule has 2 aromatic heterocycles. The van der Waals surface area contributed by atoms with E-state index in [1.807, 2.05) is 59.3 Å². The summed E-state index contributed by atoms with van der Waals surface area (Å²) in [7, 11) is 0. The summed E-state index contributed by atoms with van der Waals surface area (Å²) in [6.07, 6.45) is 9.68. The van der Waals surface area contributed by atoms with Crippen molar-refractivity contribution in [3.8, 4) is 11.4 Å². The van der Waals surface area contributed by atoms with E-state index in [4.69, 9.17) is 4.74 Å². The smallest absolute Gasteiger partial charge is 0.319 e. The van der Waals surface area contributed by atoms with E-state index in [0.29, 0.717) is 18.8 Å². The summed E-state index contributed by atoms with van der Waals surface area (Å²) in [4.78, 5) is 20.2. The van der Waals surface area contributed by atoms with Gasteiger partial charge in [0.1, 0.15) is 5.75 Å². The molecular formula is C24H23N5O2. The lowest BCUT2D eigenvalue weighted by atomic mass is 10.1. The van der Waals surface area contributed by atoms with Crippen molar-refractivity contribution in [3.05, 3.63) is 103 Å². The second-order valence-electron chi connectivity index (χ2n) is 6.89. The van der Waals surface area contributed by atoms with E-state index < -0.39 is 0 Å². The van der Waals surface area contributed by atoms with Gasteiger partial charge in [-0.15, -0.1) is 0 Å². The van der Waals surface area contributed by atoms with Gasteiger partial charge in [-0.2, -0.15) is 0 Å². The summed E-state index contributed by atoms with van der Waals surface area (Å²) in [5, 5.41) is 5.61. The van der Waals surface area contributed by atoms with Gasteiger partial charge in [-0.1, -0.05) is 24.3 Å². The van der Waals surface area contributed by atoms with Crippen LogP contribution in [0.4, 0.5) is 10.5 Å². The Bertz CT molecular complexity index is 1100. The minimum atomic E-state index is -0.270. The van der Waals surface area contributed by atoms with Gasteiger partial charge >= 0.3 is 6.03 Å². The molecule has 2 amide bonds. The van der Waals surface area contributed by atoms with Gasteiger partial charge in [0.2, 0.25) is 0 Å². The molecule has 0 aliphatic heterocycles. The molecule has 0 radical (unpaired) electrons. The summed E-state index contributed by atoms with van der Waals surface area (Å²) < 4.78 is 7.88. The molecule has 4 rings (SSSR count). The molecule has 31 heavy (non-hydrogen) atoms. The number of anilines is 1. The van der Waals surface area contributed by atoms with E-state index in [2.05, 4.69) is 32.7 Å². The van der Waals surface area contributed by atoms with Gasteiger partial charge < -0.3 is 19.9 Å². The predicted molar refractivity (Wildman–Crippen MR) is 119 cm³/mol. The number of hydrogen-bond acceptors (Lipinski definition) is 4. The fourth-order valence-electron chi connectivity index (χ4n) is 3.15. The Kier molecular flexibility index (Phi) is 6.54. The Morgan fingerprint density at radius 1 is 0.968 bits per heavy atom. The van der Waals surface area contributed by atoms with Crippen molar-refractivity contribution < 1.29 is 9.53 Å². The summed E-state index contributed by atoms with van der Waals surface area (Å²) in [6.45, 7) is 0.964. The number of carbonyl (C=O) groups excluding carboxylic acids is 1. The molecule has 156 valence electrons. The van der Waals surface area contributed by atoms with Crippen LogP contribution in [0.25, 0.3) is 5.69 Å². The summed E-state index contributed by atoms with van der Waals surface area (Å²) in [5.41, 5.74) is 3.92. The maximum absolute atomic E-state index is 12.0. The Balaban J connectivity index is 1.25. The number of nitrogens with zero attached hydrogens (tertiary/aromatic N) is 3. The van der Waals surface area contributed by atoms with Gasteiger partial charge in [-0.05, 0) is 47.5 Å². The maximum atomic E-state index is 12.0. The third-order valence-corrected chi connectivity index (χ3v) is 4.70. The van der Waals surface area contributed by atoms with Crippen LogP contribution in [0.5, 0.6) is 5.75 Å². The van der Waals surface area contributed by atoms with E-state index in [1.165, 1.54) is 5.56 Å². The molecule has 2 heterocycles. The zero-order valence-electron chi connectivity index (χ0n) is 16.9. The number of ether oxygens (including phenoxy) is 1. The minimum absolute atomic E-state index is 0.270. The van der Waals surface area contributed by atoms with Gasteiger partial charge in [-0.3, -0.25) is 4.98 Å². The first-order valence-corrected chi connectivity index (χ1v) is 10.0. The number of pyridine rings is 1. The normalized spacial score (nSPS) is 10.5. The Morgan fingerprint density at radius 3 is 2.61 bits per heavy atom. The molecule has 0 bridgehead atoms. The number of rotatable bonds is 8. The van der Waals surface area contributed by atoms with Gasteiger partial charge in [0.25, 0.3) is 0 Å². The molecule has 0 saturated carbocycles. The van der Waals surface area contributed by atoms with E-state index in [9.17, 15) is 4.79 Å². The lowest BCUT2D eigenvalue weighted by molar-refractivity contribution is 0.251. The molecule has 0 aliphatic carbocycles. The molecule has 4 aromatic rings. The van der Waals surface area contributed by atoms with Gasteiger partial charge in [0, 0.05) is 49.1 Å². The number of benzene rings is 2. The van der Waals surface area contributed by atoms with Crippen LogP contribution < -0.4 is 15.4 Å². The molecule has 0 atom stereocenters. The van der Waals surface area contributed by atoms with Crippen LogP contribution in [-0.2, 0) is 13.0 Å². The van der Waals surface area contributed by atoms with Crippen molar-refractivity contribution in [2.75, 3.05) is 11.9 Å². The highest BCUT2D eigenvalue weighted by molar-refractivity contribution is 5.89. The van der Waals surface area contributed by atoms with Gasteiger partial charge in [-0.25, -0.2) is 9.78 Å². The zero-order chi connectivity index (χ0) is 21.3. The van der Waals surface area contributed by atoms with Crippen molar-refractivity contribution >= 4 is 11.7 Å². The van der Waals surface area contributed by atoms with Crippen molar-refractivity contribution in [3.63, 3.8) is 0 Å². The molecule has 0 saturated heterocycles. The Morgan fingerprint density at radius 2 is 1.84 bits per heavy atom. The molecule has 0 spiro atoms. The predicted octanol–water partition coefficient (Wildman–Crippen LogP) is 4.21. The number of hydrogen-bond donors (Lipinski definition) is 2. The number of aromatic nitrogens is 3. The summed E-state index contributed by atoms with van der Waals surface area (Å²) in [5.74, 6) is 0.751. The van der Waals surface area contributed by atoms with Crippen molar-refractivity contribution in [2.45, 2.75) is 13.0 Å². The van der Waals surface area contributed by atoms with Gasteiger partial charge in [0.15, 0.2) is 0 Å². The van der Waals surface area contributed by atoms with Crippen LogP contribution in [0.15, 0.2) is 91.8 Å². The van der Waals surface area contributed by atoms with E-state index in [-0.39, 0.29) is 6.03 Å². The molecule has 0 aliphatic rings. The molecule has 0 unspecified atom stereocenters. The lowest BCUT2D eigenvalue weighted by Gasteiger charge is -2.12. The number of carbonyl (C=O) groups is 1. The molecule has 2 N–H and O–H groups in total. The monoisotopic (exact) mass is 413 g/mol. The van der Waals surface area contributed by atoms with E-state index >= 15 is 0 Å². The molecular weight excluding hydrogens is 390 g/mol. The van der Waals surface area contributed by atoms with Crippen LogP contribution in [0, 0.1) is 0 Å². The maximum Gasteiger partial charge on any atom is 0.319 e.